The summed E-state index contributed by atoms with van der Waals surface area (Å²) in [6.07, 6.45) is 7.73. The molecule has 0 aliphatic carbocycles. The summed E-state index contributed by atoms with van der Waals surface area (Å²) < 4.78 is 14.7. The monoisotopic (exact) mass is 415 g/mol. The molecule has 0 spiro atoms. The molecular weight excluding hydrogens is 394 g/mol. The van der Waals surface area contributed by atoms with Crippen molar-refractivity contribution in [2.24, 2.45) is 7.05 Å². The number of ketones is 1. The van der Waals surface area contributed by atoms with Crippen LogP contribution in [-0.4, -0.2) is 39.2 Å². The van der Waals surface area contributed by atoms with Gasteiger partial charge in [-0.3, -0.25) is 13.9 Å². The van der Waals surface area contributed by atoms with Crippen LogP contribution in [0.5, 0.6) is 11.5 Å². The van der Waals surface area contributed by atoms with Crippen molar-refractivity contribution < 1.29 is 14.3 Å². The topological polar surface area (TPSA) is 94.4 Å². The number of ether oxygens (including phenoxy) is 2. The summed E-state index contributed by atoms with van der Waals surface area (Å²) in [7, 11) is 4.90. The zero-order valence-electron chi connectivity index (χ0n) is 17.5. The summed E-state index contributed by atoms with van der Waals surface area (Å²) in [5.41, 5.74) is 4.79. The van der Waals surface area contributed by atoms with E-state index >= 15 is 0 Å². The van der Waals surface area contributed by atoms with E-state index in [-0.39, 0.29) is 18.6 Å². The first-order valence-electron chi connectivity index (χ1n) is 9.68. The summed E-state index contributed by atoms with van der Waals surface area (Å²) in [5, 5.41) is 13.0. The third-order valence-electron chi connectivity index (χ3n) is 5.10. The number of pyridine rings is 1. The van der Waals surface area contributed by atoms with Gasteiger partial charge >= 0.3 is 0 Å². The number of rotatable bonds is 7. The Morgan fingerprint density at radius 1 is 1.10 bits per heavy atom. The van der Waals surface area contributed by atoms with Crippen LogP contribution >= 0.6 is 0 Å². The van der Waals surface area contributed by atoms with Gasteiger partial charge in [0.05, 0.1) is 38.4 Å². The molecule has 0 saturated carbocycles. The fourth-order valence-electron chi connectivity index (χ4n) is 3.57. The van der Waals surface area contributed by atoms with E-state index in [2.05, 4.69) is 10.1 Å². The number of aryl methyl sites for hydroxylation is 1. The van der Waals surface area contributed by atoms with Crippen molar-refractivity contribution in [2.45, 2.75) is 12.8 Å². The van der Waals surface area contributed by atoms with Gasteiger partial charge in [-0.1, -0.05) is 0 Å². The summed E-state index contributed by atoms with van der Waals surface area (Å²) in [5.74, 6) is 0.611. The van der Waals surface area contributed by atoms with Gasteiger partial charge in [-0.25, -0.2) is 4.98 Å². The van der Waals surface area contributed by atoms with Crippen molar-refractivity contribution in [3.63, 3.8) is 0 Å². The van der Waals surface area contributed by atoms with Crippen LogP contribution < -0.4 is 9.47 Å². The number of nitriles is 1. The molecule has 0 unspecified atom stereocenters. The average molecular weight is 415 g/mol. The summed E-state index contributed by atoms with van der Waals surface area (Å²) in [6, 6.07) is 9.58. The zero-order chi connectivity index (χ0) is 22.0. The quantitative estimate of drug-likeness (QED) is 0.425. The standard InChI is InChI=1S/C23H21N5O3/c1-27-14-17(12-26-27)15-6-8-28-18(13-25-22(28)11-15)16-9-20(30-2)23(21(10-16)31-3)19(29)5-4-7-24/h6,8-14H,4-5H2,1-3H3. The van der Waals surface area contributed by atoms with Crippen molar-refractivity contribution in [2.75, 3.05) is 14.2 Å². The predicted molar refractivity (Wildman–Crippen MR) is 115 cm³/mol. The van der Waals surface area contributed by atoms with E-state index in [1.54, 1.807) is 23.0 Å². The Kier molecular flexibility index (Phi) is 5.41. The van der Waals surface area contributed by atoms with E-state index in [1.807, 2.05) is 48.2 Å². The number of benzene rings is 1. The molecule has 156 valence electrons. The van der Waals surface area contributed by atoms with Crippen molar-refractivity contribution in [1.29, 1.82) is 5.26 Å². The third kappa shape index (κ3) is 3.73. The lowest BCUT2D eigenvalue weighted by atomic mass is 10.0. The molecular formula is C23H21N5O3. The van der Waals surface area contributed by atoms with Gasteiger partial charge in [-0.2, -0.15) is 10.4 Å². The molecule has 0 aliphatic rings. The van der Waals surface area contributed by atoms with E-state index in [4.69, 9.17) is 14.7 Å². The number of fused-ring (bicyclic) bond motifs is 1. The van der Waals surface area contributed by atoms with Gasteiger partial charge in [0, 0.05) is 43.4 Å². The zero-order valence-corrected chi connectivity index (χ0v) is 17.5. The van der Waals surface area contributed by atoms with Crippen LogP contribution in [0.2, 0.25) is 0 Å². The molecule has 0 atom stereocenters. The van der Waals surface area contributed by atoms with Crippen LogP contribution in [0.15, 0.2) is 49.1 Å². The van der Waals surface area contributed by atoms with Gasteiger partial charge in [-0.05, 0) is 29.8 Å². The minimum atomic E-state index is -0.193. The maximum absolute atomic E-state index is 12.6. The first-order valence-corrected chi connectivity index (χ1v) is 9.68. The number of imidazole rings is 1. The van der Waals surface area contributed by atoms with Gasteiger partial charge in [0.15, 0.2) is 5.78 Å². The first-order chi connectivity index (χ1) is 15.0. The molecule has 1 aromatic carbocycles. The van der Waals surface area contributed by atoms with E-state index in [9.17, 15) is 4.79 Å². The maximum atomic E-state index is 12.6. The summed E-state index contributed by atoms with van der Waals surface area (Å²) >= 11 is 0. The Hall–Kier alpha value is -4.12. The Bertz CT molecular complexity index is 1290. The molecule has 8 heteroatoms. The van der Waals surface area contributed by atoms with Crippen molar-refractivity contribution >= 4 is 11.4 Å². The lowest BCUT2D eigenvalue weighted by molar-refractivity contribution is 0.0978. The van der Waals surface area contributed by atoms with Crippen molar-refractivity contribution in [1.82, 2.24) is 19.2 Å². The van der Waals surface area contributed by atoms with E-state index in [0.717, 1.165) is 28.0 Å². The van der Waals surface area contributed by atoms with Gasteiger partial charge in [0.25, 0.3) is 0 Å². The van der Waals surface area contributed by atoms with Gasteiger partial charge < -0.3 is 9.47 Å². The van der Waals surface area contributed by atoms with Crippen molar-refractivity contribution in [3.05, 3.63) is 54.6 Å². The normalized spacial score (nSPS) is 10.8. The van der Waals surface area contributed by atoms with E-state index in [1.165, 1.54) is 14.2 Å². The maximum Gasteiger partial charge on any atom is 0.171 e. The molecule has 8 nitrogen and oxygen atoms in total. The minimum Gasteiger partial charge on any atom is -0.496 e. The number of aromatic nitrogens is 4. The second-order valence-corrected chi connectivity index (χ2v) is 7.03. The molecule has 3 heterocycles. The largest absolute Gasteiger partial charge is 0.496 e. The fraction of sp³-hybridized carbons (Fsp3) is 0.217. The van der Waals surface area contributed by atoms with Gasteiger partial charge in [0.2, 0.25) is 0 Å². The average Bonchev–Trinajstić information content (AvgIpc) is 3.42. The number of nitrogens with zero attached hydrogens (tertiary/aromatic N) is 5. The highest BCUT2D eigenvalue weighted by molar-refractivity contribution is 6.02. The molecule has 31 heavy (non-hydrogen) atoms. The summed E-state index contributed by atoms with van der Waals surface area (Å²) in [4.78, 5) is 17.2. The van der Waals surface area contributed by atoms with Crippen LogP contribution in [0.4, 0.5) is 0 Å². The van der Waals surface area contributed by atoms with Crippen LogP contribution in [0.1, 0.15) is 23.2 Å². The molecule has 3 aromatic heterocycles. The highest BCUT2D eigenvalue weighted by Crippen LogP contribution is 2.36. The molecule has 0 amide bonds. The van der Waals surface area contributed by atoms with Crippen LogP contribution in [-0.2, 0) is 7.05 Å². The summed E-state index contributed by atoms with van der Waals surface area (Å²) in [6.45, 7) is 0. The Morgan fingerprint density at radius 2 is 1.84 bits per heavy atom. The Balaban J connectivity index is 1.78. The van der Waals surface area contributed by atoms with Gasteiger partial charge in [0.1, 0.15) is 22.7 Å². The number of carbonyl (C=O) groups excluding carboxylic acids is 1. The predicted octanol–water partition coefficient (Wildman–Crippen LogP) is 3.91. The lowest BCUT2D eigenvalue weighted by Gasteiger charge is -2.14. The molecule has 4 aromatic rings. The molecule has 0 fully saturated rings. The van der Waals surface area contributed by atoms with Crippen LogP contribution in [0, 0.1) is 11.3 Å². The Morgan fingerprint density at radius 3 is 2.45 bits per heavy atom. The Labute approximate surface area is 179 Å². The molecule has 0 saturated heterocycles. The third-order valence-corrected chi connectivity index (χ3v) is 5.10. The molecule has 0 bridgehead atoms. The van der Waals surface area contributed by atoms with Crippen LogP contribution in [0.3, 0.4) is 0 Å². The number of hydrogen-bond acceptors (Lipinski definition) is 6. The second-order valence-electron chi connectivity index (χ2n) is 7.03. The lowest BCUT2D eigenvalue weighted by Crippen LogP contribution is -2.05. The highest BCUT2D eigenvalue weighted by Gasteiger charge is 2.21. The number of carbonyl (C=O) groups is 1. The fourth-order valence-corrected chi connectivity index (χ4v) is 3.57. The van der Waals surface area contributed by atoms with Crippen LogP contribution in [0.25, 0.3) is 28.0 Å². The van der Waals surface area contributed by atoms with Gasteiger partial charge in [-0.15, -0.1) is 0 Å². The second kappa shape index (κ2) is 8.32. The number of hydrogen-bond donors (Lipinski definition) is 0. The number of methoxy groups -OCH3 is 2. The minimum absolute atomic E-state index is 0.106. The first kappa shape index (κ1) is 20.2. The highest BCUT2D eigenvalue weighted by atomic mass is 16.5. The smallest absolute Gasteiger partial charge is 0.171 e. The number of Topliss-reactive ketones (excluding diaryl/α,β-unsaturated/α-hetero) is 1. The van der Waals surface area contributed by atoms with E-state index in [0.29, 0.717) is 17.1 Å². The SMILES string of the molecule is COc1cc(-c2cnc3cc(-c4cnn(C)c4)ccn23)cc(OC)c1C(=O)CCC#N. The molecule has 0 aliphatic heterocycles. The van der Waals surface area contributed by atoms with E-state index < -0.39 is 0 Å². The molecule has 0 N–H and O–H groups in total. The molecule has 4 rings (SSSR count). The molecule has 0 radical (unpaired) electrons. The van der Waals surface area contributed by atoms with Crippen molar-refractivity contribution in [3.8, 4) is 40.0 Å².